The summed E-state index contributed by atoms with van der Waals surface area (Å²) in [5.41, 5.74) is -0.424. The molecule has 1 amide bonds. The van der Waals surface area contributed by atoms with Crippen LogP contribution in [0.2, 0.25) is 0 Å². The molecule has 1 unspecified atom stereocenters. The van der Waals surface area contributed by atoms with Crippen LogP contribution in [-0.4, -0.2) is 59.9 Å². The Kier molecular flexibility index (Phi) is 7.13. The van der Waals surface area contributed by atoms with E-state index in [0.717, 1.165) is 32.1 Å². The van der Waals surface area contributed by atoms with Crippen molar-refractivity contribution in [3.8, 4) is 0 Å². The first-order valence-corrected chi connectivity index (χ1v) is 9.73. The molecule has 1 atom stereocenters. The molecule has 1 heterocycles. The van der Waals surface area contributed by atoms with Crippen molar-refractivity contribution in [1.29, 1.82) is 0 Å². The summed E-state index contributed by atoms with van der Waals surface area (Å²) < 4.78 is 9.76. The molecule has 1 aliphatic carbocycles. The predicted octanol–water partition coefficient (Wildman–Crippen LogP) is 3.91. The van der Waals surface area contributed by atoms with Crippen LogP contribution in [0.15, 0.2) is 3.21 Å². The van der Waals surface area contributed by atoms with Crippen molar-refractivity contribution in [2.24, 2.45) is 9.12 Å². The maximum absolute atomic E-state index is 12.2. The van der Waals surface area contributed by atoms with E-state index >= 15 is 0 Å². The molecule has 0 aromatic carbocycles. The third-order valence-electron chi connectivity index (χ3n) is 4.73. The quantitative estimate of drug-likeness (QED) is 0.499. The van der Waals surface area contributed by atoms with E-state index in [1.54, 1.807) is 0 Å². The SMILES string of the molecule is CC(C)(C)OC(=O)N1CCN(C(C=NI)C2CCCCC2)CC1. The molecular formula is C17H30IN3O2. The Hall–Kier alpha value is -0.370. The van der Waals surface area contributed by atoms with E-state index in [1.165, 1.54) is 32.1 Å². The Morgan fingerprint density at radius 3 is 2.30 bits per heavy atom. The Balaban J connectivity index is 1.89. The molecule has 2 rings (SSSR count). The van der Waals surface area contributed by atoms with Crippen LogP contribution in [0.4, 0.5) is 4.79 Å². The fraction of sp³-hybridized carbons (Fsp3) is 0.882. The number of carbonyl (C=O) groups is 1. The van der Waals surface area contributed by atoms with Gasteiger partial charge in [0.15, 0.2) is 0 Å². The zero-order chi connectivity index (χ0) is 16.9. The van der Waals surface area contributed by atoms with Gasteiger partial charge in [0, 0.05) is 38.4 Å². The Morgan fingerprint density at radius 2 is 1.78 bits per heavy atom. The number of rotatable bonds is 3. The van der Waals surface area contributed by atoms with Crippen LogP contribution in [0.25, 0.3) is 0 Å². The summed E-state index contributed by atoms with van der Waals surface area (Å²) in [6, 6.07) is 0.424. The second-order valence-electron chi connectivity index (χ2n) is 7.64. The number of halogens is 1. The summed E-state index contributed by atoms with van der Waals surface area (Å²) in [5.74, 6) is 0.718. The highest BCUT2D eigenvalue weighted by Gasteiger charge is 2.32. The molecule has 132 valence electrons. The second kappa shape index (κ2) is 8.65. The summed E-state index contributed by atoms with van der Waals surface area (Å²) in [6.07, 6.45) is 8.59. The molecule has 1 aliphatic heterocycles. The third-order valence-corrected chi connectivity index (χ3v) is 5.05. The minimum Gasteiger partial charge on any atom is -0.444 e. The van der Waals surface area contributed by atoms with Crippen molar-refractivity contribution in [3.05, 3.63) is 0 Å². The second-order valence-corrected chi connectivity index (χ2v) is 8.20. The van der Waals surface area contributed by atoms with Crippen LogP contribution in [0.3, 0.4) is 0 Å². The fourth-order valence-electron chi connectivity index (χ4n) is 3.58. The van der Waals surface area contributed by atoms with Gasteiger partial charge in [0.1, 0.15) is 5.60 Å². The maximum Gasteiger partial charge on any atom is 0.410 e. The number of carbonyl (C=O) groups excluding carboxylic acids is 1. The van der Waals surface area contributed by atoms with E-state index in [9.17, 15) is 4.79 Å². The molecule has 23 heavy (non-hydrogen) atoms. The maximum atomic E-state index is 12.2. The lowest BCUT2D eigenvalue weighted by atomic mass is 9.83. The highest BCUT2D eigenvalue weighted by atomic mass is 127. The zero-order valence-corrected chi connectivity index (χ0v) is 16.8. The molecule has 0 radical (unpaired) electrons. The van der Waals surface area contributed by atoms with Crippen molar-refractivity contribution in [3.63, 3.8) is 0 Å². The number of ether oxygens (including phenoxy) is 1. The summed E-state index contributed by atoms with van der Waals surface area (Å²) in [5, 5.41) is 0. The van der Waals surface area contributed by atoms with Crippen molar-refractivity contribution < 1.29 is 9.53 Å². The van der Waals surface area contributed by atoms with Gasteiger partial charge in [-0.2, -0.15) is 0 Å². The fourth-order valence-corrected chi connectivity index (χ4v) is 3.91. The van der Waals surface area contributed by atoms with Gasteiger partial charge < -0.3 is 9.64 Å². The van der Waals surface area contributed by atoms with Crippen LogP contribution in [-0.2, 0) is 4.74 Å². The van der Waals surface area contributed by atoms with E-state index in [-0.39, 0.29) is 6.09 Å². The molecule has 0 bridgehead atoms. The minimum absolute atomic E-state index is 0.186. The lowest BCUT2D eigenvalue weighted by molar-refractivity contribution is 0.0102. The number of nitrogens with zero attached hydrogens (tertiary/aromatic N) is 3. The van der Waals surface area contributed by atoms with E-state index < -0.39 is 5.60 Å². The summed E-state index contributed by atoms with van der Waals surface area (Å²) in [4.78, 5) is 16.5. The lowest BCUT2D eigenvalue weighted by Gasteiger charge is -2.41. The Labute approximate surface area is 154 Å². The summed E-state index contributed by atoms with van der Waals surface area (Å²) in [7, 11) is 0. The molecule has 1 saturated carbocycles. The number of hydrogen-bond donors (Lipinski definition) is 0. The van der Waals surface area contributed by atoms with Crippen molar-refractivity contribution in [2.75, 3.05) is 26.2 Å². The van der Waals surface area contributed by atoms with Crippen LogP contribution in [0.1, 0.15) is 52.9 Å². The van der Waals surface area contributed by atoms with Crippen LogP contribution in [0, 0.1) is 5.92 Å². The smallest absolute Gasteiger partial charge is 0.410 e. The van der Waals surface area contributed by atoms with E-state index in [0.29, 0.717) is 6.04 Å². The van der Waals surface area contributed by atoms with Gasteiger partial charge in [-0.15, -0.1) is 0 Å². The standard InChI is InChI=1S/C17H30IN3O2/c1-17(2,3)23-16(22)21-11-9-20(10-12-21)15(13-19-18)14-7-5-4-6-8-14/h13-15H,4-12H2,1-3H3. The summed E-state index contributed by atoms with van der Waals surface area (Å²) >= 11 is 2.08. The molecule has 5 nitrogen and oxygen atoms in total. The van der Waals surface area contributed by atoms with Crippen LogP contribution < -0.4 is 0 Å². The molecule has 0 aromatic rings. The first kappa shape index (κ1) is 19.0. The molecular weight excluding hydrogens is 405 g/mol. The normalized spacial score (nSPS) is 23.2. The molecule has 0 N–H and O–H groups in total. The molecule has 2 aliphatic rings. The van der Waals surface area contributed by atoms with E-state index in [4.69, 9.17) is 4.74 Å². The van der Waals surface area contributed by atoms with E-state index in [1.807, 2.05) is 25.7 Å². The highest BCUT2D eigenvalue weighted by molar-refractivity contribution is 14.1. The number of hydrogen-bond acceptors (Lipinski definition) is 4. The predicted molar refractivity (Wildman–Crippen MR) is 102 cm³/mol. The van der Waals surface area contributed by atoms with Crippen LogP contribution >= 0.6 is 22.9 Å². The molecule has 1 saturated heterocycles. The minimum atomic E-state index is -0.424. The van der Waals surface area contributed by atoms with Crippen molar-refractivity contribution >= 4 is 35.2 Å². The average Bonchev–Trinajstić information content (AvgIpc) is 2.52. The first-order chi connectivity index (χ1) is 10.9. The van der Waals surface area contributed by atoms with Gasteiger partial charge in [-0.1, -0.05) is 19.3 Å². The Morgan fingerprint density at radius 1 is 1.17 bits per heavy atom. The molecule has 0 aromatic heterocycles. The molecule has 6 heteroatoms. The topological polar surface area (TPSA) is 45.1 Å². The monoisotopic (exact) mass is 435 g/mol. The third kappa shape index (κ3) is 5.89. The Bertz CT molecular complexity index is 409. The largest absolute Gasteiger partial charge is 0.444 e. The zero-order valence-electron chi connectivity index (χ0n) is 14.6. The van der Waals surface area contributed by atoms with Crippen molar-refractivity contribution in [2.45, 2.75) is 64.5 Å². The molecule has 2 fully saturated rings. The van der Waals surface area contributed by atoms with Gasteiger partial charge in [-0.3, -0.25) is 4.90 Å². The van der Waals surface area contributed by atoms with E-state index in [2.05, 4.69) is 37.2 Å². The summed E-state index contributed by atoms with van der Waals surface area (Å²) in [6.45, 7) is 9.04. The lowest BCUT2D eigenvalue weighted by Crippen LogP contribution is -2.55. The number of piperazine rings is 1. The molecule has 0 spiro atoms. The van der Waals surface area contributed by atoms with Crippen LogP contribution in [0.5, 0.6) is 0 Å². The van der Waals surface area contributed by atoms with Gasteiger partial charge >= 0.3 is 6.09 Å². The first-order valence-electron chi connectivity index (χ1n) is 8.77. The van der Waals surface area contributed by atoms with Gasteiger partial charge in [0.05, 0.1) is 22.9 Å². The van der Waals surface area contributed by atoms with Gasteiger partial charge in [0.2, 0.25) is 0 Å². The van der Waals surface area contributed by atoms with Crippen molar-refractivity contribution in [1.82, 2.24) is 9.80 Å². The van der Waals surface area contributed by atoms with Gasteiger partial charge in [0.25, 0.3) is 0 Å². The van der Waals surface area contributed by atoms with Gasteiger partial charge in [-0.25, -0.2) is 8.00 Å². The van der Waals surface area contributed by atoms with Gasteiger partial charge in [-0.05, 0) is 39.5 Å². The highest BCUT2D eigenvalue weighted by Crippen LogP contribution is 2.29. The number of amides is 1. The average molecular weight is 435 g/mol.